The summed E-state index contributed by atoms with van der Waals surface area (Å²) in [6.07, 6.45) is 4.51. The van der Waals surface area contributed by atoms with E-state index < -0.39 is 6.04 Å². The number of aryl methyl sites for hydroxylation is 2. The minimum absolute atomic E-state index is 0.0634. The van der Waals surface area contributed by atoms with Gasteiger partial charge in [0.1, 0.15) is 11.7 Å². The van der Waals surface area contributed by atoms with Crippen molar-refractivity contribution in [1.29, 1.82) is 0 Å². The molecule has 1 aliphatic carbocycles. The fourth-order valence-electron chi connectivity index (χ4n) is 5.10. The van der Waals surface area contributed by atoms with Gasteiger partial charge in [0.2, 0.25) is 5.91 Å². The van der Waals surface area contributed by atoms with Crippen LogP contribution in [-0.4, -0.2) is 45.6 Å². The molecule has 170 valence electrons. The molecule has 1 saturated heterocycles. The molecule has 1 aliphatic heterocycles. The molecule has 2 aromatic carbocycles. The number of hydrogen-bond acceptors (Lipinski definition) is 3. The molecule has 0 bridgehead atoms. The summed E-state index contributed by atoms with van der Waals surface area (Å²) < 4.78 is 1.85. The predicted octanol–water partition coefficient (Wildman–Crippen LogP) is 3.63. The Balaban J connectivity index is 1.45. The second-order valence-electron chi connectivity index (χ2n) is 8.87. The van der Waals surface area contributed by atoms with Gasteiger partial charge in [-0.2, -0.15) is 5.10 Å². The van der Waals surface area contributed by atoms with Gasteiger partial charge in [-0.25, -0.2) is 0 Å². The molecule has 1 fully saturated rings. The zero-order valence-electron chi connectivity index (χ0n) is 19.1. The highest BCUT2D eigenvalue weighted by molar-refractivity contribution is 5.98. The molecule has 1 aromatic heterocycles. The Labute approximate surface area is 194 Å². The maximum atomic E-state index is 13.8. The van der Waals surface area contributed by atoms with E-state index in [1.165, 1.54) is 0 Å². The number of nitrogens with one attached hydrogen (secondary N) is 1. The van der Waals surface area contributed by atoms with Gasteiger partial charge in [-0.05, 0) is 49.3 Å². The minimum atomic E-state index is -0.531. The maximum Gasteiger partial charge on any atom is 0.273 e. The van der Waals surface area contributed by atoms with Crippen LogP contribution in [0.4, 0.5) is 0 Å². The van der Waals surface area contributed by atoms with E-state index in [4.69, 9.17) is 5.10 Å². The molecule has 6 nitrogen and oxygen atoms in total. The molecule has 0 saturated carbocycles. The Morgan fingerprint density at radius 3 is 2.67 bits per heavy atom. The summed E-state index contributed by atoms with van der Waals surface area (Å²) in [5.74, 6) is -0.150. The second kappa shape index (κ2) is 9.22. The van der Waals surface area contributed by atoms with Gasteiger partial charge in [0, 0.05) is 31.6 Å². The molecule has 33 heavy (non-hydrogen) atoms. The van der Waals surface area contributed by atoms with Gasteiger partial charge in [-0.15, -0.1) is 0 Å². The quantitative estimate of drug-likeness (QED) is 0.656. The van der Waals surface area contributed by atoms with Crippen LogP contribution >= 0.6 is 0 Å². The van der Waals surface area contributed by atoms with Gasteiger partial charge in [0.05, 0.1) is 5.69 Å². The van der Waals surface area contributed by atoms with Crippen LogP contribution in [0.5, 0.6) is 0 Å². The van der Waals surface area contributed by atoms with Crippen molar-refractivity contribution >= 4 is 11.8 Å². The summed E-state index contributed by atoms with van der Waals surface area (Å²) in [5.41, 5.74) is 6.12. The van der Waals surface area contributed by atoms with Crippen molar-refractivity contribution in [3.05, 3.63) is 77.1 Å². The molecule has 0 unspecified atom stereocenters. The Morgan fingerprint density at radius 1 is 1.06 bits per heavy atom. The maximum absolute atomic E-state index is 13.8. The van der Waals surface area contributed by atoms with Gasteiger partial charge in [-0.1, -0.05) is 54.6 Å². The first-order chi connectivity index (χ1) is 16.2. The first kappa shape index (κ1) is 21.4. The Morgan fingerprint density at radius 2 is 1.85 bits per heavy atom. The average molecular weight is 443 g/mol. The van der Waals surface area contributed by atoms with Crippen LogP contribution in [0.3, 0.4) is 0 Å². The predicted molar refractivity (Wildman–Crippen MR) is 128 cm³/mol. The number of carbonyl (C=O) groups excluding carboxylic acids is 2. The summed E-state index contributed by atoms with van der Waals surface area (Å²) >= 11 is 0. The van der Waals surface area contributed by atoms with Crippen molar-refractivity contribution < 1.29 is 9.59 Å². The fourth-order valence-corrected chi connectivity index (χ4v) is 5.10. The van der Waals surface area contributed by atoms with E-state index in [0.717, 1.165) is 53.6 Å². The third-order valence-electron chi connectivity index (χ3n) is 6.78. The SMILES string of the molecule is CCn1nc2c(c1C(=O)N1CCNC(=O)[C@H]1Cc1cccc(-c3ccccc3)c1)CCCC2. The monoisotopic (exact) mass is 442 g/mol. The normalized spacial score (nSPS) is 18.0. The van der Waals surface area contributed by atoms with Gasteiger partial charge in [-0.3, -0.25) is 14.3 Å². The van der Waals surface area contributed by atoms with Crippen molar-refractivity contribution in [2.75, 3.05) is 13.1 Å². The molecule has 1 atom stereocenters. The number of nitrogens with zero attached hydrogens (tertiary/aromatic N) is 3. The molecule has 6 heteroatoms. The van der Waals surface area contributed by atoms with Crippen molar-refractivity contribution in [3.63, 3.8) is 0 Å². The van der Waals surface area contributed by atoms with Crippen LogP contribution in [-0.2, 0) is 30.6 Å². The summed E-state index contributed by atoms with van der Waals surface area (Å²) in [4.78, 5) is 28.6. The number of hydrogen-bond donors (Lipinski definition) is 1. The molecule has 2 heterocycles. The summed E-state index contributed by atoms with van der Waals surface area (Å²) in [5, 5.41) is 7.69. The van der Waals surface area contributed by atoms with Crippen LogP contribution < -0.4 is 5.32 Å². The first-order valence-electron chi connectivity index (χ1n) is 12.0. The highest BCUT2D eigenvalue weighted by Gasteiger charge is 2.37. The van der Waals surface area contributed by atoms with E-state index in [-0.39, 0.29) is 11.8 Å². The van der Waals surface area contributed by atoms with Crippen molar-refractivity contribution in [2.45, 2.75) is 51.6 Å². The standard InChI is InChI=1S/C27H30N4O2/c1-2-31-25(22-13-6-7-14-23(22)29-31)27(33)30-16-15-28-26(32)24(30)18-19-9-8-12-21(17-19)20-10-4-3-5-11-20/h3-5,8-12,17,24H,2,6-7,13-16,18H2,1H3,(H,28,32)/t24-/m1/s1. The molecule has 3 aromatic rings. The summed E-state index contributed by atoms with van der Waals surface area (Å²) in [6.45, 7) is 3.66. The molecule has 1 N–H and O–H groups in total. The lowest BCUT2D eigenvalue weighted by molar-refractivity contribution is -0.127. The Hall–Kier alpha value is -3.41. The number of aromatic nitrogens is 2. The molecule has 0 radical (unpaired) electrons. The molecular formula is C27H30N4O2. The summed E-state index contributed by atoms with van der Waals surface area (Å²) in [6, 6.07) is 17.9. The van der Waals surface area contributed by atoms with E-state index >= 15 is 0 Å². The Bertz CT molecular complexity index is 1170. The van der Waals surface area contributed by atoms with Gasteiger partial charge < -0.3 is 10.2 Å². The number of benzene rings is 2. The number of carbonyl (C=O) groups is 2. The van der Waals surface area contributed by atoms with Crippen molar-refractivity contribution in [2.24, 2.45) is 0 Å². The number of fused-ring (bicyclic) bond motifs is 1. The molecule has 2 amide bonds. The number of rotatable bonds is 5. The third-order valence-corrected chi connectivity index (χ3v) is 6.78. The molecule has 0 spiro atoms. The highest BCUT2D eigenvalue weighted by Crippen LogP contribution is 2.27. The van der Waals surface area contributed by atoms with E-state index in [9.17, 15) is 9.59 Å². The number of amides is 2. The highest BCUT2D eigenvalue weighted by atomic mass is 16.2. The largest absolute Gasteiger partial charge is 0.353 e. The van der Waals surface area contributed by atoms with Crippen LogP contribution in [0.15, 0.2) is 54.6 Å². The van der Waals surface area contributed by atoms with E-state index in [1.807, 2.05) is 41.9 Å². The van der Waals surface area contributed by atoms with Crippen LogP contribution in [0.25, 0.3) is 11.1 Å². The molecule has 2 aliphatic rings. The third kappa shape index (κ3) is 4.17. The molecular weight excluding hydrogens is 412 g/mol. The van der Waals surface area contributed by atoms with Gasteiger partial charge in [0.15, 0.2) is 0 Å². The van der Waals surface area contributed by atoms with Crippen molar-refractivity contribution in [3.8, 4) is 11.1 Å². The van der Waals surface area contributed by atoms with Crippen LogP contribution in [0.1, 0.15) is 47.1 Å². The number of piperazine rings is 1. The fraction of sp³-hybridized carbons (Fsp3) is 0.370. The molecule has 5 rings (SSSR count). The zero-order valence-corrected chi connectivity index (χ0v) is 19.1. The van der Waals surface area contributed by atoms with E-state index in [0.29, 0.717) is 31.7 Å². The average Bonchev–Trinajstić information content (AvgIpc) is 3.24. The lowest BCUT2D eigenvalue weighted by atomic mass is 9.94. The Kier molecular flexibility index (Phi) is 5.99. The van der Waals surface area contributed by atoms with Crippen LogP contribution in [0.2, 0.25) is 0 Å². The first-order valence-corrected chi connectivity index (χ1v) is 12.0. The van der Waals surface area contributed by atoms with Gasteiger partial charge in [0.25, 0.3) is 5.91 Å². The zero-order chi connectivity index (χ0) is 22.8. The van der Waals surface area contributed by atoms with Crippen LogP contribution in [0, 0.1) is 0 Å². The summed E-state index contributed by atoms with van der Waals surface area (Å²) in [7, 11) is 0. The van der Waals surface area contributed by atoms with Crippen molar-refractivity contribution in [1.82, 2.24) is 20.0 Å². The van der Waals surface area contributed by atoms with E-state index in [2.05, 4.69) is 29.6 Å². The lowest BCUT2D eigenvalue weighted by Crippen LogP contribution is -2.58. The topological polar surface area (TPSA) is 67.2 Å². The lowest BCUT2D eigenvalue weighted by Gasteiger charge is -2.35. The minimum Gasteiger partial charge on any atom is -0.353 e. The smallest absolute Gasteiger partial charge is 0.273 e. The van der Waals surface area contributed by atoms with E-state index in [1.54, 1.807) is 4.90 Å². The second-order valence-corrected chi connectivity index (χ2v) is 8.87. The van der Waals surface area contributed by atoms with Gasteiger partial charge >= 0.3 is 0 Å².